The van der Waals surface area contributed by atoms with Gasteiger partial charge in [0, 0.05) is 28.9 Å². The lowest BCUT2D eigenvalue weighted by Gasteiger charge is -2.30. The van der Waals surface area contributed by atoms with Crippen LogP contribution in [0.5, 0.6) is 0 Å². The van der Waals surface area contributed by atoms with Crippen molar-refractivity contribution in [3.63, 3.8) is 0 Å². The van der Waals surface area contributed by atoms with Crippen molar-refractivity contribution in [2.45, 2.75) is 30.7 Å². The second-order valence-corrected chi connectivity index (χ2v) is 9.76. The van der Waals surface area contributed by atoms with E-state index in [0.717, 1.165) is 29.7 Å². The van der Waals surface area contributed by atoms with Crippen LogP contribution in [-0.4, -0.2) is 20.9 Å². The number of carbonyl (C=O) groups is 1. The summed E-state index contributed by atoms with van der Waals surface area (Å²) >= 11 is 5.93. The molecule has 4 rings (SSSR count). The van der Waals surface area contributed by atoms with Crippen LogP contribution in [0.15, 0.2) is 77.7 Å². The highest BCUT2D eigenvalue weighted by molar-refractivity contribution is 7.89. The fraction of sp³-hybridized carbons (Fsp3) is 0.208. The summed E-state index contributed by atoms with van der Waals surface area (Å²) in [6, 6.07) is 20.8. The molecule has 1 heterocycles. The molecule has 3 aromatic rings. The minimum absolute atomic E-state index is 0.121. The first kappa shape index (κ1) is 21.6. The molecule has 0 aliphatic carbocycles. The quantitative estimate of drug-likeness (QED) is 0.591. The van der Waals surface area contributed by atoms with Crippen molar-refractivity contribution in [3.8, 4) is 0 Å². The zero-order valence-corrected chi connectivity index (χ0v) is 18.7. The zero-order valence-electron chi connectivity index (χ0n) is 17.1. The molecule has 0 fully saturated rings. The molecule has 1 aliphatic rings. The second-order valence-electron chi connectivity index (χ2n) is 7.61. The van der Waals surface area contributed by atoms with Crippen molar-refractivity contribution in [1.82, 2.24) is 4.72 Å². The fourth-order valence-electron chi connectivity index (χ4n) is 3.81. The maximum Gasteiger partial charge on any atom is 0.258 e. The van der Waals surface area contributed by atoms with Crippen molar-refractivity contribution in [2.24, 2.45) is 0 Å². The average Bonchev–Trinajstić information content (AvgIpc) is 2.78. The van der Waals surface area contributed by atoms with Crippen LogP contribution in [0.2, 0.25) is 5.02 Å². The third kappa shape index (κ3) is 4.66. The standard InChI is InChI=1S/C24H23ClN2O3S/c1-17(18-6-3-2-4-7-18)26-31(29,30)22-13-14-23-20(16-22)8-5-15-27(23)24(28)19-9-11-21(25)12-10-19/h2-4,6-7,9-14,16-17,26H,5,8,15H2,1H3. The molecule has 3 aromatic carbocycles. The number of hydrogen-bond donors (Lipinski definition) is 1. The fourth-order valence-corrected chi connectivity index (χ4v) is 5.22. The predicted octanol–water partition coefficient (Wildman–Crippen LogP) is 4.97. The van der Waals surface area contributed by atoms with Crippen LogP contribution in [-0.2, 0) is 16.4 Å². The van der Waals surface area contributed by atoms with Gasteiger partial charge in [-0.1, -0.05) is 41.9 Å². The number of hydrogen-bond acceptors (Lipinski definition) is 3. The Balaban J connectivity index is 1.59. The summed E-state index contributed by atoms with van der Waals surface area (Å²) in [5, 5.41) is 0.572. The molecule has 0 spiro atoms. The number of carbonyl (C=O) groups excluding carboxylic acids is 1. The first-order valence-electron chi connectivity index (χ1n) is 10.1. The lowest BCUT2D eigenvalue weighted by atomic mass is 10.0. The van der Waals surface area contributed by atoms with Crippen LogP contribution in [0, 0.1) is 0 Å². The molecule has 5 nitrogen and oxygen atoms in total. The average molecular weight is 455 g/mol. The number of fused-ring (bicyclic) bond motifs is 1. The van der Waals surface area contributed by atoms with Crippen LogP contribution in [0.4, 0.5) is 5.69 Å². The number of nitrogens with zero attached hydrogens (tertiary/aromatic N) is 1. The van der Waals surface area contributed by atoms with Crippen molar-refractivity contribution >= 4 is 33.2 Å². The van der Waals surface area contributed by atoms with Gasteiger partial charge in [0.15, 0.2) is 0 Å². The van der Waals surface area contributed by atoms with Gasteiger partial charge in [0.1, 0.15) is 0 Å². The summed E-state index contributed by atoms with van der Waals surface area (Å²) in [5.74, 6) is -0.121. The molecular formula is C24H23ClN2O3S. The smallest absolute Gasteiger partial charge is 0.258 e. The van der Waals surface area contributed by atoms with Crippen LogP contribution < -0.4 is 9.62 Å². The molecule has 1 N–H and O–H groups in total. The molecule has 31 heavy (non-hydrogen) atoms. The van der Waals surface area contributed by atoms with Gasteiger partial charge in [-0.3, -0.25) is 4.79 Å². The third-order valence-electron chi connectivity index (χ3n) is 5.45. The molecule has 0 radical (unpaired) electrons. The summed E-state index contributed by atoms with van der Waals surface area (Å²) in [6.45, 7) is 2.40. The summed E-state index contributed by atoms with van der Waals surface area (Å²) in [4.78, 5) is 14.9. The number of nitrogens with one attached hydrogen (secondary N) is 1. The summed E-state index contributed by atoms with van der Waals surface area (Å²) in [7, 11) is -3.70. The maximum atomic E-state index is 13.0. The summed E-state index contributed by atoms with van der Waals surface area (Å²) < 4.78 is 28.7. The highest BCUT2D eigenvalue weighted by atomic mass is 35.5. The maximum absolute atomic E-state index is 13.0. The molecule has 0 saturated carbocycles. The van der Waals surface area contributed by atoms with Crippen molar-refractivity contribution < 1.29 is 13.2 Å². The predicted molar refractivity (Wildman–Crippen MR) is 123 cm³/mol. The molecule has 1 unspecified atom stereocenters. The van der Waals surface area contributed by atoms with Gasteiger partial charge in [0.2, 0.25) is 10.0 Å². The minimum atomic E-state index is -3.70. The van der Waals surface area contributed by atoms with Crippen LogP contribution in [0.3, 0.4) is 0 Å². The molecule has 1 amide bonds. The first-order valence-corrected chi connectivity index (χ1v) is 12.0. The lowest BCUT2D eigenvalue weighted by molar-refractivity contribution is 0.0985. The van der Waals surface area contributed by atoms with Crippen molar-refractivity contribution in [3.05, 3.63) is 94.5 Å². The van der Waals surface area contributed by atoms with Gasteiger partial charge in [-0.2, -0.15) is 0 Å². The van der Waals surface area contributed by atoms with E-state index in [0.29, 0.717) is 17.1 Å². The Morgan fingerprint density at radius 3 is 2.45 bits per heavy atom. The van der Waals surface area contributed by atoms with E-state index in [1.54, 1.807) is 47.4 Å². The monoisotopic (exact) mass is 454 g/mol. The Bertz CT molecular complexity index is 1200. The Morgan fingerprint density at radius 1 is 1.03 bits per heavy atom. The van der Waals surface area contributed by atoms with Gasteiger partial charge in [-0.15, -0.1) is 0 Å². The Kier molecular flexibility index (Phi) is 6.14. The van der Waals surface area contributed by atoms with Gasteiger partial charge >= 0.3 is 0 Å². The molecule has 0 bridgehead atoms. The van der Waals surface area contributed by atoms with Gasteiger partial charge in [-0.25, -0.2) is 13.1 Å². The number of benzene rings is 3. The SMILES string of the molecule is CC(NS(=O)(=O)c1ccc2c(c1)CCCN2C(=O)c1ccc(Cl)cc1)c1ccccc1. The number of anilines is 1. The van der Waals surface area contributed by atoms with E-state index in [4.69, 9.17) is 11.6 Å². The normalized spacial score (nSPS) is 14.7. The van der Waals surface area contributed by atoms with Gasteiger partial charge in [-0.05, 0) is 73.4 Å². The number of amides is 1. The van der Waals surface area contributed by atoms with E-state index < -0.39 is 10.0 Å². The number of rotatable bonds is 5. The Hall–Kier alpha value is -2.67. The molecule has 0 saturated heterocycles. The van der Waals surface area contributed by atoms with E-state index in [1.807, 2.05) is 37.3 Å². The summed E-state index contributed by atoms with van der Waals surface area (Å²) in [6.07, 6.45) is 1.49. The minimum Gasteiger partial charge on any atom is -0.308 e. The third-order valence-corrected chi connectivity index (χ3v) is 7.24. The number of aryl methyl sites for hydroxylation is 1. The van der Waals surface area contributed by atoms with E-state index in [9.17, 15) is 13.2 Å². The van der Waals surface area contributed by atoms with E-state index in [1.165, 1.54) is 0 Å². The molecule has 0 aromatic heterocycles. The Morgan fingerprint density at radius 2 is 1.74 bits per heavy atom. The zero-order chi connectivity index (χ0) is 22.0. The van der Waals surface area contributed by atoms with Gasteiger partial charge in [0.05, 0.1) is 4.90 Å². The molecule has 7 heteroatoms. The van der Waals surface area contributed by atoms with E-state index in [2.05, 4.69) is 4.72 Å². The molecular weight excluding hydrogens is 432 g/mol. The molecule has 1 atom stereocenters. The lowest BCUT2D eigenvalue weighted by Crippen LogP contribution is -2.35. The molecule has 160 valence electrons. The van der Waals surface area contributed by atoms with Crippen LogP contribution in [0.25, 0.3) is 0 Å². The van der Waals surface area contributed by atoms with Crippen molar-refractivity contribution in [2.75, 3.05) is 11.4 Å². The van der Waals surface area contributed by atoms with Gasteiger partial charge in [0.25, 0.3) is 5.91 Å². The highest BCUT2D eigenvalue weighted by Gasteiger charge is 2.26. The van der Waals surface area contributed by atoms with Crippen LogP contribution in [0.1, 0.15) is 40.9 Å². The topological polar surface area (TPSA) is 66.5 Å². The second kappa shape index (κ2) is 8.83. The highest BCUT2D eigenvalue weighted by Crippen LogP contribution is 2.31. The number of sulfonamides is 1. The molecule has 1 aliphatic heterocycles. The first-order chi connectivity index (χ1) is 14.8. The van der Waals surface area contributed by atoms with Crippen molar-refractivity contribution in [1.29, 1.82) is 0 Å². The number of halogens is 1. The Labute approximate surface area is 187 Å². The largest absolute Gasteiger partial charge is 0.308 e. The van der Waals surface area contributed by atoms with E-state index in [-0.39, 0.29) is 16.8 Å². The van der Waals surface area contributed by atoms with Crippen LogP contribution >= 0.6 is 11.6 Å². The van der Waals surface area contributed by atoms with E-state index >= 15 is 0 Å². The van der Waals surface area contributed by atoms with Gasteiger partial charge < -0.3 is 4.90 Å². The summed E-state index contributed by atoms with van der Waals surface area (Å²) in [5.41, 5.74) is 3.04.